The van der Waals surface area contributed by atoms with Crippen molar-refractivity contribution in [2.75, 3.05) is 0 Å². The standard InChI is InChI=1S/2C12H18O.2CH3.Sn/c2*1-4-10(9(2)3)11-7-5-6-8-12(11)13;;;/h2*5-10,13H,4H2,1-3H3;2*1H3;/q;;;;+2/p-2. The third-order valence-electron chi connectivity index (χ3n) is 5.84. The van der Waals surface area contributed by atoms with E-state index in [-0.39, 0.29) is 0 Å². The maximum atomic E-state index is 6.69. The Morgan fingerprint density at radius 2 is 1.00 bits per heavy atom. The molecule has 2 rings (SSSR count). The first-order valence-corrected chi connectivity index (χ1v) is 19.3. The summed E-state index contributed by atoms with van der Waals surface area (Å²) in [5.41, 5.74) is 2.64. The molecule has 0 aliphatic rings. The van der Waals surface area contributed by atoms with E-state index in [0.717, 1.165) is 24.3 Å². The molecule has 0 N–H and O–H groups in total. The van der Waals surface area contributed by atoms with Gasteiger partial charge in [0, 0.05) is 0 Å². The van der Waals surface area contributed by atoms with Gasteiger partial charge < -0.3 is 0 Å². The van der Waals surface area contributed by atoms with Crippen molar-refractivity contribution in [3.63, 3.8) is 0 Å². The van der Waals surface area contributed by atoms with E-state index in [4.69, 9.17) is 6.15 Å². The molecule has 3 heteroatoms. The molecule has 0 aromatic heterocycles. The molecule has 0 fully saturated rings. The van der Waals surface area contributed by atoms with Gasteiger partial charge in [-0.15, -0.1) is 0 Å². The zero-order valence-electron chi connectivity index (χ0n) is 19.7. The minimum atomic E-state index is -3.29. The topological polar surface area (TPSA) is 18.5 Å². The van der Waals surface area contributed by atoms with Gasteiger partial charge >= 0.3 is 184 Å². The second-order valence-corrected chi connectivity index (χ2v) is 18.4. The van der Waals surface area contributed by atoms with Crippen molar-refractivity contribution in [2.45, 2.75) is 76.1 Å². The number of para-hydroxylation sites is 2. The van der Waals surface area contributed by atoms with E-state index in [1.165, 1.54) is 11.1 Å². The Bertz CT molecular complexity index is 703. The van der Waals surface area contributed by atoms with Crippen molar-refractivity contribution >= 4 is 19.2 Å². The summed E-state index contributed by atoms with van der Waals surface area (Å²) in [6, 6.07) is 17.1. The molecular weight excluding hydrogens is 463 g/mol. The Balaban J connectivity index is 2.31. The Labute approximate surface area is 184 Å². The van der Waals surface area contributed by atoms with Crippen LogP contribution in [0.4, 0.5) is 0 Å². The molecule has 0 bridgehead atoms. The zero-order chi connectivity index (χ0) is 21.6. The fourth-order valence-electron chi connectivity index (χ4n) is 4.41. The fraction of sp³-hybridized carbons (Fsp3) is 0.538. The number of rotatable bonds is 10. The van der Waals surface area contributed by atoms with E-state index in [1.807, 2.05) is 0 Å². The van der Waals surface area contributed by atoms with Crippen molar-refractivity contribution in [1.29, 1.82) is 0 Å². The average molecular weight is 503 g/mol. The molecule has 2 aromatic carbocycles. The molecule has 0 spiro atoms. The van der Waals surface area contributed by atoms with E-state index >= 15 is 0 Å². The molecule has 2 unspecified atom stereocenters. The van der Waals surface area contributed by atoms with Gasteiger partial charge in [-0.2, -0.15) is 0 Å². The summed E-state index contributed by atoms with van der Waals surface area (Å²) in [4.78, 5) is 4.43. The summed E-state index contributed by atoms with van der Waals surface area (Å²) in [6.45, 7) is 13.7. The average Bonchev–Trinajstić information content (AvgIpc) is 2.64. The first-order valence-electron chi connectivity index (χ1n) is 11.3. The summed E-state index contributed by atoms with van der Waals surface area (Å²) in [6.07, 6.45) is 2.23. The molecule has 0 saturated heterocycles. The SMILES string of the molecule is CCC(c1ccccc1[O][Sn]([CH3])([CH3])[O]c1ccccc1C(CC)C(C)C)C(C)C. The van der Waals surface area contributed by atoms with Crippen LogP contribution in [-0.2, 0) is 0 Å². The van der Waals surface area contributed by atoms with Gasteiger partial charge in [0.1, 0.15) is 0 Å². The van der Waals surface area contributed by atoms with Gasteiger partial charge in [-0.25, -0.2) is 0 Å². The zero-order valence-corrected chi connectivity index (χ0v) is 22.5. The van der Waals surface area contributed by atoms with Crippen molar-refractivity contribution < 1.29 is 6.15 Å². The van der Waals surface area contributed by atoms with Crippen LogP contribution in [-0.4, -0.2) is 19.2 Å². The normalized spacial score (nSPS) is 14.1. The Morgan fingerprint density at radius 1 is 0.655 bits per heavy atom. The molecule has 29 heavy (non-hydrogen) atoms. The Morgan fingerprint density at radius 3 is 1.31 bits per heavy atom. The monoisotopic (exact) mass is 504 g/mol. The minimum absolute atomic E-state index is 0.506. The predicted molar refractivity (Wildman–Crippen MR) is 127 cm³/mol. The first kappa shape index (κ1) is 24.1. The third-order valence-corrected chi connectivity index (χ3v) is 9.90. The molecule has 0 aliphatic heterocycles. The van der Waals surface area contributed by atoms with Gasteiger partial charge in [0.05, 0.1) is 0 Å². The van der Waals surface area contributed by atoms with Gasteiger partial charge in [-0.05, 0) is 0 Å². The van der Waals surface area contributed by atoms with Crippen molar-refractivity contribution in [3.05, 3.63) is 59.7 Å². The van der Waals surface area contributed by atoms with E-state index in [1.54, 1.807) is 0 Å². The second-order valence-electron chi connectivity index (χ2n) is 9.20. The number of hydrogen-bond acceptors (Lipinski definition) is 2. The van der Waals surface area contributed by atoms with E-state index in [2.05, 4.69) is 100.0 Å². The Kier molecular flexibility index (Phi) is 8.93. The van der Waals surface area contributed by atoms with Crippen molar-refractivity contribution in [3.8, 4) is 11.5 Å². The van der Waals surface area contributed by atoms with Crippen LogP contribution in [0.3, 0.4) is 0 Å². The summed E-state index contributed by atoms with van der Waals surface area (Å²) in [5.74, 6) is 4.21. The second kappa shape index (κ2) is 10.7. The van der Waals surface area contributed by atoms with Gasteiger partial charge in [0.2, 0.25) is 0 Å². The third kappa shape index (κ3) is 6.41. The van der Waals surface area contributed by atoms with Crippen LogP contribution in [0.1, 0.15) is 77.3 Å². The van der Waals surface area contributed by atoms with Crippen LogP contribution >= 0.6 is 0 Å². The fourth-order valence-corrected chi connectivity index (χ4v) is 8.61. The summed E-state index contributed by atoms with van der Waals surface area (Å²) < 4.78 is 13.4. The summed E-state index contributed by atoms with van der Waals surface area (Å²) in [5, 5.41) is 0. The van der Waals surface area contributed by atoms with Crippen molar-refractivity contribution in [2.24, 2.45) is 11.8 Å². The maximum absolute atomic E-state index is 6.69. The number of hydrogen-bond donors (Lipinski definition) is 0. The molecule has 160 valence electrons. The van der Waals surface area contributed by atoms with Crippen LogP contribution in [0.15, 0.2) is 48.5 Å². The van der Waals surface area contributed by atoms with Crippen LogP contribution in [0.2, 0.25) is 9.88 Å². The van der Waals surface area contributed by atoms with Crippen LogP contribution in [0.25, 0.3) is 0 Å². The number of benzene rings is 2. The molecule has 2 atom stereocenters. The van der Waals surface area contributed by atoms with Crippen LogP contribution in [0.5, 0.6) is 11.5 Å². The molecule has 0 amide bonds. The molecule has 2 aromatic rings. The molecule has 0 heterocycles. The predicted octanol–water partition coefficient (Wildman–Crippen LogP) is 8.15. The molecule has 0 saturated carbocycles. The molecule has 0 aliphatic carbocycles. The van der Waals surface area contributed by atoms with Crippen LogP contribution < -0.4 is 6.15 Å². The van der Waals surface area contributed by atoms with Gasteiger partial charge in [-0.1, -0.05) is 0 Å². The van der Waals surface area contributed by atoms with E-state index < -0.39 is 19.2 Å². The van der Waals surface area contributed by atoms with Gasteiger partial charge in [0.25, 0.3) is 0 Å². The molecular formula is C26H40O2Sn. The molecule has 2 nitrogen and oxygen atoms in total. The van der Waals surface area contributed by atoms with Crippen LogP contribution in [0, 0.1) is 11.8 Å². The molecule has 0 radical (unpaired) electrons. The van der Waals surface area contributed by atoms with Gasteiger partial charge in [0.15, 0.2) is 0 Å². The Hall–Kier alpha value is -1.16. The van der Waals surface area contributed by atoms with Gasteiger partial charge in [-0.3, -0.25) is 0 Å². The quantitative estimate of drug-likeness (QED) is 0.305. The van der Waals surface area contributed by atoms with E-state index in [0.29, 0.717) is 23.7 Å². The summed E-state index contributed by atoms with van der Waals surface area (Å²) >= 11 is -3.29. The van der Waals surface area contributed by atoms with E-state index in [9.17, 15) is 0 Å². The van der Waals surface area contributed by atoms with Crippen molar-refractivity contribution in [1.82, 2.24) is 0 Å². The summed E-state index contributed by atoms with van der Waals surface area (Å²) in [7, 11) is 0. The first-order chi connectivity index (χ1) is 13.7.